The van der Waals surface area contributed by atoms with Gasteiger partial charge in [0.25, 0.3) is 0 Å². The molecule has 0 unspecified atom stereocenters. The Bertz CT molecular complexity index is 1300. The molecule has 1 saturated heterocycles. The molecule has 0 amide bonds. The van der Waals surface area contributed by atoms with Crippen molar-refractivity contribution in [2.45, 2.75) is 38.1 Å². The van der Waals surface area contributed by atoms with Crippen molar-refractivity contribution in [2.75, 3.05) is 0 Å². The van der Waals surface area contributed by atoms with Gasteiger partial charge in [-0.1, -0.05) is 0 Å². The van der Waals surface area contributed by atoms with E-state index in [1.807, 2.05) is 0 Å². The number of phenols is 2. The minimum Gasteiger partial charge on any atom is -0.508 e. The molecule has 2 aromatic carbocycles. The lowest BCUT2D eigenvalue weighted by Gasteiger charge is -2.44. The number of rotatable bonds is 2. The molecule has 1 aliphatic carbocycles. The largest absolute Gasteiger partial charge is 0.508 e. The first-order chi connectivity index (χ1) is 14.5. The molecule has 3 aliphatic rings. The van der Waals surface area contributed by atoms with Gasteiger partial charge in [-0.15, -0.1) is 0 Å². The Morgan fingerprint density at radius 3 is 2.52 bits per heavy atom. The van der Waals surface area contributed by atoms with Crippen LogP contribution in [0.4, 0.5) is 0 Å². The fourth-order valence-electron chi connectivity index (χ4n) is 4.47. The summed E-state index contributed by atoms with van der Waals surface area (Å²) in [6, 6.07) is 3.21. The summed E-state index contributed by atoms with van der Waals surface area (Å²) < 4.78 is 49.2. The second kappa shape index (κ2) is 6.19. The molecule has 3 N–H and O–H groups in total. The average Bonchev–Trinajstić information content (AvgIpc) is 2.63. The Morgan fingerprint density at radius 1 is 1.10 bits per heavy atom. The summed E-state index contributed by atoms with van der Waals surface area (Å²) in [4.78, 5) is 26.4. The van der Waals surface area contributed by atoms with Gasteiger partial charge in [-0.3, -0.25) is 14.1 Å². The molecule has 31 heavy (non-hydrogen) atoms. The molecule has 2 heterocycles. The maximum absolute atomic E-state index is 13.3. The van der Waals surface area contributed by atoms with Crippen LogP contribution in [-0.2, 0) is 15.1 Å². The molecule has 5 rings (SSSR count). The van der Waals surface area contributed by atoms with Gasteiger partial charge in [0.1, 0.15) is 17.2 Å². The molecule has 0 radical (unpaired) electrons. The van der Waals surface area contributed by atoms with E-state index in [2.05, 4.69) is 0 Å². The first-order valence-corrected chi connectivity index (χ1v) is 10.7. The van der Waals surface area contributed by atoms with Crippen LogP contribution in [0.2, 0.25) is 0 Å². The number of ether oxygens (including phenoxy) is 2. The van der Waals surface area contributed by atoms with Crippen LogP contribution in [0.3, 0.4) is 0 Å². The number of hydrogen-bond donors (Lipinski definition) is 3. The van der Waals surface area contributed by atoms with E-state index < -0.39 is 62.2 Å². The van der Waals surface area contributed by atoms with Crippen molar-refractivity contribution in [3.8, 4) is 23.0 Å². The second-order valence-electron chi connectivity index (χ2n) is 7.83. The number of carbonyl (C=O) groups excluding carboxylic acids is 2. The van der Waals surface area contributed by atoms with Gasteiger partial charge in [-0.05, 0) is 25.0 Å². The lowest BCUT2D eigenvalue weighted by molar-refractivity contribution is -0.243. The average molecular weight is 448 g/mol. The van der Waals surface area contributed by atoms with Crippen molar-refractivity contribution < 1.29 is 46.4 Å². The maximum Gasteiger partial charge on any atom is 0.446 e. The van der Waals surface area contributed by atoms with Crippen molar-refractivity contribution in [3.05, 3.63) is 46.0 Å². The molecule has 11 heteroatoms. The molecule has 10 nitrogen and oxygen atoms in total. The minimum atomic E-state index is -5.10. The Labute approximate surface area is 175 Å². The normalized spacial score (nSPS) is 24.0. The zero-order valence-electron chi connectivity index (χ0n) is 16.0. The zero-order valence-corrected chi connectivity index (χ0v) is 16.9. The van der Waals surface area contributed by atoms with Gasteiger partial charge in [-0.2, -0.15) is 8.42 Å². The van der Waals surface area contributed by atoms with Crippen molar-refractivity contribution >= 4 is 22.0 Å². The van der Waals surface area contributed by atoms with E-state index in [4.69, 9.17) is 13.7 Å². The van der Waals surface area contributed by atoms with E-state index in [1.54, 1.807) is 6.92 Å². The first kappa shape index (κ1) is 19.8. The zero-order chi connectivity index (χ0) is 22.3. The maximum atomic E-state index is 13.3. The van der Waals surface area contributed by atoms with Crippen LogP contribution in [0.15, 0.2) is 18.2 Å². The van der Waals surface area contributed by atoms with Gasteiger partial charge >= 0.3 is 10.4 Å². The smallest absolute Gasteiger partial charge is 0.446 e. The number of ketones is 2. The van der Waals surface area contributed by atoms with E-state index in [0.717, 1.165) is 12.1 Å². The summed E-state index contributed by atoms with van der Waals surface area (Å²) in [5.74, 6) is -4.27. The van der Waals surface area contributed by atoms with Crippen LogP contribution in [0, 0.1) is 0 Å². The molecule has 2 atom stereocenters. The summed E-state index contributed by atoms with van der Waals surface area (Å²) in [5, 5.41) is 20.0. The topological polar surface area (TPSA) is 157 Å². The van der Waals surface area contributed by atoms with E-state index in [9.17, 15) is 32.8 Å². The van der Waals surface area contributed by atoms with Gasteiger partial charge < -0.3 is 23.9 Å². The monoisotopic (exact) mass is 448 g/mol. The Balaban J connectivity index is 1.84. The van der Waals surface area contributed by atoms with Crippen molar-refractivity contribution in [2.24, 2.45) is 0 Å². The molecule has 0 saturated carbocycles. The lowest BCUT2D eigenvalue weighted by atomic mass is 9.80. The summed E-state index contributed by atoms with van der Waals surface area (Å²) in [7, 11) is -5.10. The number of benzene rings is 2. The summed E-state index contributed by atoms with van der Waals surface area (Å²) in [5.41, 5.74) is -1.29. The van der Waals surface area contributed by atoms with E-state index in [1.165, 1.54) is 6.07 Å². The number of fused-ring (bicyclic) bond motifs is 6. The SMILES string of the molecule is C[C@]12CCC[C@H](O1)c1c(cc3c(c1OS(=O)(=O)O)C(=O)c1c(O)cc(O)cc1C3=O)O2. The Kier molecular flexibility index (Phi) is 3.95. The number of hydrogen-bond acceptors (Lipinski definition) is 9. The van der Waals surface area contributed by atoms with Gasteiger partial charge in [0.2, 0.25) is 11.6 Å². The third kappa shape index (κ3) is 2.96. The first-order valence-electron chi connectivity index (χ1n) is 9.37. The summed E-state index contributed by atoms with van der Waals surface area (Å²) in [6.07, 6.45) is 0.983. The molecule has 2 aromatic rings. The molecule has 2 bridgehead atoms. The molecule has 0 spiro atoms. The summed E-state index contributed by atoms with van der Waals surface area (Å²) >= 11 is 0. The highest BCUT2D eigenvalue weighted by molar-refractivity contribution is 7.81. The molecular weight excluding hydrogens is 432 g/mol. The molecule has 0 aromatic heterocycles. The van der Waals surface area contributed by atoms with Crippen LogP contribution < -0.4 is 8.92 Å². The number of carbonyl (C=O) groups is 2. The van der Waals surface area contributed by atoms with Crippen LogP contribution in [-0.4, -0.2) is 40.5 Å². The fraction of sp³-hybridized carbons (Fsp3) is 0.300. The number of aromatic hydroxyl groups is 2. The van der Waals surface area contributed by atoms with Crippen molar-refractivity contribution in [1.29, 1.82) is 0 Å². The molecule has 2 aliphatic heterocycles. The van der Waals surface area contributed by atoms with E-state index in [-0.39, 0.29) is 22.4 Å². The van der Waals surface area contributed by atoms with E-state index >= 15 is 0 Å². The van der Waals surface area contributed by atoms with Crippen molar-refractivity contribution in [3.63, 3.8) is 0 Å². The highest BCUT2D eigenvalue weighted by atomic mass is 32.3. The minimum absolute atomic E-state index is 0.0800. The molecule has 1 fully saturated rings. The standard InChI is InChI=1S/C20H16O10S/c1-20-4-2-3-12(28-20)16-13(29-20)7-10-15(19(16)30-31(25,26)27)18(24)14-9(17(10)23)5-8(21)6-11(14)22/h5-7,12,21-22H,2-4H2,1H3,(H,25,26,27)/t12-,20-/m0/s1. The van der Waals surface area contributed by atoms with Crippen molar-refractivity contribution in [1.82, 2.24) is 0 Å². The van der Waals surface area contributed by atoms with Crippen LogP contribution in [0.25, 0.3) is 0 Å². The van der Waals surface area contributed by atoms with Crippen LogP contribution >= 0.6 is 0 Å². The Morgan fingerprint density at radius 2 is 1.81 bits per heavy atom. The molecular formula is C20H16O10S. The fourth-order valence-corrected chi connectivity index (χ4v) is 4.86. The Hall–Kier alpha value is -3.15. The predicted octanol–water partition coefficient (Wildman–Crippen LogP) is 2.41. The van der Waals surface area contributed by atoms with E-state index in [0.29, 0.717) is 19.3 Å². The quantitative estimate of drug-likeness (QED) is 0.497. The second-order valence-corrected chi connectivity index (χ2v) is 8.85. The number of phenolic OH excluding ortho intramolecular Hbond substituents is 2. The van der Waals surface area contributed by atoms with Gasteiger partial charge in [-0.25, -0.2) is 0 Å². The van der Waals surface area contributed by atoms with Gasteiger partial charge in [0.05, 0.1) is 22.8 Å². The van der Waals surface area contributed by atoms with Crippen LogP contribution in [0.5, 0.6) is 23.0 Å². The highest BCUT2D eigenvalue weighted by Crippen LogP contribution is 2.53. The third-order valence-electron chi connectivity index (χ3n) is 5.65. The lowest BCUT2D eigenvalue weighted by Crippen LogP contribution is -2.44. The third-order valence-corrected chi connectivity index (χ3v) is 6.03. The van der Waals surface area contributed by atoms with Crippen LogP contribution in [0.1, 0.15) is 69.7 Å². The molecule has 162 valence electrons. The predicted molar refractivity (Wildman–Crippen MR) is 102 cm³/mol. The summed E-state index contributed by atoms with van der Waals surface area (Å²) in [6.45, 7) is 1.70. The van der Waals surface area contributed by atoms with Gasteiger partial charge in [0, 0.05) is 30.5 Å². The highest BCUT2D eigenvalue weighted by Gasteiger charge is 2.47. The van der Waals surface area contributed by atoms with Gasteiger partial charge in [0.15, 0.2) is 11.5 Å².